The van der Waals surface area contributed by atoms with Crippen LogP contribution in [0.2, 0.25) is 0 Å². The fraction of sp³-hybridized carbons (Fsp3) is 0. The Hall–Kier alpha value is -2.57. The monoisotopic (exact) mass is 221 g/mol. The lowest BCUT2D eigenvalue weighted by atomic mass is 10.1. The molecule has 0 aliphatic rings. The van der Waals surface area contributed by atoms with Crippen LogP contribution in [0.25, 0.3) is 11.3 Å². The molecular weight excluding hydrogens is 214 g/mol. The summed E-state index contributed by atoms with van der Waals surface area (Å²) in [4.78, 5) is 10.2. The lowest BCUT2D eigenvalue weighted by Gasteiger charge is -1.99. The molecule has 1 aromatic heterocycles. The van der Waals surface area contributed by atoms with Crippen molar-refractivity contribution in [1.82, 2.24) is 5.16 Å². The van der Waals surface area contributed by atoms with Gasteiger partial charge in [-0.05, 0) is 12.1 Å². The van der Waals surface area contributed by atoms with E-state index in [1.165, 1.54) is 24.3 Å². The normalized spacial score (nSPS) is 10.2. The zero-order chi connectivity index (χ0) is 11.7. The number of hydrogen-bond donors (Lipinski definition) is 2. The summed E-state index contributed by atoms with van der Waals surface area (Å²) < 4.78 is 4.81. The number of nitro groups is 1. The van der Waals surface area contributed by atoms with Gasteiger partial charge < -0.3 is 15.4 Å². The number of rotatable bonds is 2. The maximum Gasteiger partial charge on any atom is 0.280 e. The molecule has 2 rings (SSSR count). The van der Waals surface area contributed by atoms with Gasteiger partial charge in [0.15, 0.2) is 11.6 Å². The smallest absolute Gasteiger partial charge is 0.280 e. The van der Waals surface area contributed by atoms with E-state index in [0.29, 0.717) is 0 Å². The summed E-state index contributed by atoms with van der Waals surface area (Å²) in [5.41, 5.74) is 5.29. The number of phenolic OH excluding ortho intramolecular Hbond substituents is 1. The Labute approximate surface area is 89.2 Å². The third-order valence-corrected chi connectivity index (χ3v) is 1.97. The zero-order valence-electron chi connectivity index (χ0n) is 7.95. The van der Waals surface area contributed by atoms with E-state index < -0.39 is 4.92 Å². The average Bonchev–Trinajstić information content (AvgIpc) is 2.64. The number of anilines is 1. The first kappa shape index (κ1) is 9.97. The fourth-order valence-electron chi connectivity index (χ4n) is 1.30. The summed E-state index contributed by atoms with van der Waals surface area (Å²) in [6, 6.07) is 4.98. The Balaban J connectivity index is 2.62. The predicted molar refractivity (Wildman–Crippen MR) is 54.7 cm³/mol. The third-order valence-electron chi connectivity index (χ3n) is 1.97. The van der Waals surface area contributed by atoms with Crippen molar-refractivity contribution in [3.05, 3.63) is 34.4 Å². The summed E-state index contributed by atoms with van der Waals surface area (Å²) in [5, 5.41) is 23.4. The van der Waals surface area contributed by atoms with Gasteiger partial charge in [-0.1, -0.05) is 5.16 Å². The second-order valence-electron chi connectivity index (χ2n) is 3.07. The summed E-state index contributed by atoms with van der Waals surface area (Å²) in [5.74, 6) is 0.156. The molecule has 0 unspecified atom stereocenters. The minimum atomic E-state index is -0.576. The average molecular weight is 221 g/mol. The van der Waals surface area contributed by atoms with Gasteiger partial charge in [-0.3, -0.25) is 10.1 Å². The molecule has 0 saturated carbocycles. The van der Waals surface area contributed by atoms with Crippen LogP contribution in [0, 0.1) is 10.1 Å². The molecular formula is C9H7N3O4. The van der Waals surface area contributed by atoms with Gasteiger partial charge in [-0.25, -0.2) is 0 Å². The van der Waals surface area contributed by atoms with E-state index in [4.69, 9.17) is 10.3 Å². The van der Waals surface area contributed by atoms with Crippen molar-refractivity contribution in [3.63, 3.8) is 0 Å². The molecule has 2 aromatic rings. The first-order chi connectivity index (χ1) is 7.58. The molecule has 0 saturated heterocycles. The number of nitro benzene ring substituents is 1. The Morgan fingerprint density at radius 3 is 2.75 bits per heavy atom. The second kappa shape index (κ2) is 3.54. The standard InChI is InChI=1S/C9H7N3O4/c10-9-4-8(16-11-9)6-3-5(13)1-2-7(6)12(14)15/h1-4,13H,(H2,10,11). The summed E-state index contributed by atoms with van der Waals surface area (Å²) in [6.07, 6.45) is 0. The van der Waals surface area contributed by atoms with Gasteiger partial charge in [0.25, 0.3) is 5.69 Å². The Morgan fingerprint density at radius 1 is 1.44 bits per heavy atom. The van der Waals surface area contributed by atoms with Crippen molar-refractivity contribution in [2.24, 2.45) is 0 Å². The highest BCUT2D eigenvalue weighted by Gasteiger charge is 2.19. The Morgan fingerprint density at radius 2 is 2.19 bits per heavy atom. The molecule has 0 aliphatic heterocycles. The number of nitrogens with zero attached hydrogens (tertiary/aromatic N) is 2. The van der Waals surface area contributed by atoms with E-state index >= 15 is 0 Å². The van der Waals surface area contributed by atoms with Crippen LogP contribution in [-0.2, 0) is 0 Å². The molecule has 3 N–H and O–H groups in total. The number of hydrogen-bond acceptors (Lipinski definition) is 6. The molecule has 1 heterocycles. The maximum absolute atomic E-state index is 10.7. The summed E-state index contributed by atoms with van der Waals surface area (Å²) in [7, 11) is 0. The van der Waals surface area contributed by atoms with Gasteiger partial charge in [0.2, 0.25) is 0 Å². The van der Waals surface area contributed by atoms with Gasteiger partial charge >= 0.3 is 0 Å². The molecule has 0 aliphatic carbocycles. The highest BCUT2D eigenvalue weighted by atomic mass is 16.6. The van der Waals surface area contributed by atoms with Crippen molar-refractivity contribution in [2.75, 3.05) is 5.73 Å². The Kier molecular flexibility index (Phi) is 2.20. The van der Waals surface area contributed by atoms with Crippen LogP contribution >= 0.6 is 0 Å². The van der Waals surface area contributed by atoms with Crippen LogP contribution in [0.5, 0.6) is 5.75 Å². The second-order valence-corrected chi connectivity index (χ2v) is 3.07. The predicted octanol–water partition coefficient (Wildman–Crippen LogP) is 1.54. The summed E-state index contributed by atoms with van der Waals surface area (Å²) >= 11 is 0. The molecule has 0 radical (unpaired) electrons. The number of nitrogens with two attached hydrogens (primary N) is 1. The van der Waals surface area contributed by atoms with Crippen LogP contribution in [0.15, 0.2) is 28.8 Å². The molecule has 7 heteroatoms. The van der Waals surface area contributed by atoms with E-state index in [1.54, 1.807) is 0 Å². The van der Waals surface area contributed by atoms with E-state index in [9.17, 15) is 15.2 Å². The molecule has 7 nitrogen and oxygen atoms in total. The molecule has 0 amide bonds. The largest absolute Gasteiger partial charge is 0.508 e. The van der Waals surface area contributed by atoms with E-state index in [2.05, 4.69) is 5.16 Å². The molecule has 0 fully saturated rings. The molecule has 0 atom stereocenters. The van der Waals surface area contributed by atoms with Crippen molar-refractivity contribution in [1.29, 1.82) is 0 Å². The molecule has 0 spiro atoms. The number of benzene rings is 1. The number of aromatic nitrogens is 1. The topological polar surface area (TPSA) is 115 Å². The molecule has 0 bridgehead atoms. The van der Waals surface area contributed by atoms with E-state index in [-0.39, 0.29) is 28.6 Å². The van der Waals surface area contributed by atoms with E-state index in [0.717, 1.165) is 0 Å². The van der Waals surface area contributed by atoms with E-state index in [1.807, 2.05) is 0 Å². The SMILES string of the molecule is Nc1cc(-c2cc(O)ccc2[N+](=O)[O-])on1. The van der Waals surface area contributed by atoms with Crippen molar-refractivity contribution in [3.8, 4) is 17.1 Å². The molecule has 16 heavy (non-hydrogen) atoms. The highest BCUT2D eigenvalue weighted by molar-refractivity contribution is 5.72. The zero-order valence-corrected chi connectivity index (χ0v) is 7.95. The van der Waals surface area contributed by atoms with Crippen LogP contribution in [0.1, 0.15) is 0 Å². The lowest BCUT2D eigenvalue weighted by Crippen LogP contribution is -1.90. The van der Waals surface area contributed by atoms with Gasteiger partial charge in [-0.15, -0.1) is 0 Å². The number of nitrogen functional groups attached to an aromatic ring is 1. The first-order valence-corrected chi connectivity index (χ1v) is 4.28. The highest BCUT2D eigenvalue weighted by Crippen LogP contribution is 2.33. The van der Waals surface area contributed by atoms with Crippen molar-refractivity contribution in [2.45, 2.75) is 0 Å². The van der Waals surface area contributed by atoms with Crippen molar-refractivity contribution >= 4 is 11.5 Å². The van der Waals surface area contributed by atoms with Crippen molar-refractivity contribution < 1.29 is 14.6 Å². The fourth-order valence-corrected chi connectivity index (χ4v) is 1.30. The van der Waals surface area contributed by atoms with Crippen LogP contribution in [0.4, 0.5) is 11.5 Å². The minimum Gasteiger partial charge on any atom is -0.508 e. The van der Waals surface area contributed by atoms with Gasteiger partial charge in [0.05, 0.1) is 4.92 Å². The van der Waals surface area contributed by atoms with Gasteiger partial charge in [0, 0.05) is 12.1 Å². The van der Waals surface area contributed by atoms with Gasteiger partial charge in [0.1, 0.15) is 11.3 Å². The maximum atomic E-state index is 10.7. The van der Waals surface area contributed by atoms with Crippen LogP contribution in [-0.4, -0.2) is 15.2 Å². The quantitative estimate of drug-likeness (QED) is 0.586. The minimum absolute atomic E-state index is 0.101. The number of phenols is 1. The third kappa shape index (κ3) is 1.65. The Bertz CT molecular complexity index is 549. The summed E-state index contributed by atoms with van der Waals surface area (Å²) in [6.45, 7) is 0. The first-order valence-electron chi connectivity index (χ1n) is 4.28. The van der Waals surface area contributed by atoms with Crippen LogP contribution < -0.4 is 5.73 Å². The van der Waals surface area contributed by atoms with Crippen LogP contribution in [0.3, 0.4) is 0 Å². The molecule has 82 valence electrons. The lowest BCUT2D eigenvalue weighted by molar-refractivity contribution is -0.384. The molecule has 1 aromatic carbocycles. The number of aromatic hydroxyl groups is 1. The van der Waals surface area contributed by atoms with Gasteiger partial charge in [-0.2, -0.15) is 0 Å².